The molecule has 25 heavy (non-hydrogen) atoms. The predicted octanol–water partition coefficient (Wildman–Crippen LogP) is 3.72. The van der Waals surface area contributed by atoms with Gasteiger partial charge in [-0.2, -0.15) is 0 Å². The lowest BCUT2D eigenvalue weighted by molar-refractivity contribution is 0.603. The molecule has 0 saturated carbocycles. The second-order valence-corrected chi connectivity index (χ2v) is 9.22. The monoisotopic (exact) mass is 393 g/mol. The summed E-state index contributed by atoms with van der Waals surface area (Å²) in [5.74, 6) is 1.20. The van der Waals surface area contributed by atoms with Crippen molar-refractivity contribution in [3.63, 3.8) is 0 Å². The molecule has 0 saturated heterocycles. The Morgan fingerprint density at radius 3 is 2.36 bits per heavy atom. The van der Waals surface area contributed by atoms with Crippen LogP contribution in [0.3, 0.4) is 0 Å². The first kappa shape index (κ1) is 18.0. The minimum atomic E-state index is -3.02. The molecule has 1 aromatic heterocycles. The van der Waals surface area contributed by atoms with E-state index in [1.807, 2.05) is 47.0 Å². The standard InChI is InChI=1S/C17H16ClN3O2S2/c1-25(22,23)12-11-24-17-20-19-16(13-5-3-2-4-6-13)21(17)15-9-7-14(18)8-10-15/h2-10H,11-12H2,1H3. The van der Waals surface area contributed by atoms with Crippen LogP contribution in [-0.4, -0.2) is 40.9 Å². The Bertz CT molecular complexity index is 955. The molecule has 0 atom stereocenters. The second kappa shape index (κ2) is 7.59. The van der Waals surface area contributed by atoms with E-state index in [1.165, 1.54) is 18.0 Å². The van der Waals surface area contributed by atoms with Gasteiger partial charge in [-0.15, -0.1) is 10.2 Å². The molecule has 0 aliphatic carbocycles. The van der Waals surface area contributed by atoms with Crippen LogP contribution in [0.1, 0.15) is 0 Å². The summed E-state index contributed by atoms with van der Waals surface area (Å²) in [7, 11) is -3.02. The molecule has 0 spiro atoms. The molecular weight excluding hydrogens is 378 g/mol. The number of rotatable bonds is 6. The predicted molar refractivity (Wildman–Crippen MR) is 102 cm³/mol. The number of halogens is 1. The number of benzene rings is 2. The fourth-order valence-corrected chi connectivity index (χ4v) is 4.52. The van der Waals surface area contributed by atoms with Crippen molar-refractivity contribution in [2.45, 2.75) is 5.16 Å². The van der Waals surface area contributed by atoms with Gasteiger partial charge in [0, 0.05) is 28.3 Å². The van der Waals surface area contributed by atoms with Crippen molar-refractivity contribution in [1.29, 1.82) is 0 Å². The topological polar surface area (TPSA) is 64.8 Å². The van der Waals surface area contributed by atoms with Gasteiger partial charge in [-0.1, -0.05) is 53.7 Å². The molecule has 3 rings (SSSR count). The minimum absolute atomic E-state index is 0.0891. The smallest absolute Gasteiger partial charge is 0.196 e. The fourth-order valence-electron chi connectivity index (χ4n) is 2.24. The highest BCUT2D eigenvalue weighted by atomic mass is 35.5. The first-order valence-corrected chi connectivity index (χ1v) is 10.9. The molecule has 0 fully saturated rings. The molecule has 5 nitrogen and oxygen atoms in total. The van der Waals surface area contributed by atoms with E-state index >= 15 is 0 Å². The SMILES string of the molecule is CS(=O)(=O)CCSc1nnc(-c2ccccc2)n1-c1ccc(Cl)cc1. The van der Waals surface area contributed by atoms with E-state index in [9.17, 15) is 8.42 Å². The molecule has 0 unspecified atom stereocenters. The van der Waals surface area contributed by atoms with Gasteiger partial charge in [0.05, 0.1) is 5.75 Å². The highest BCUT2D eigenvalue weighted by molar-refractivity contribution is 8.00. The molecule has 0 N–H and O–H groups in total. The maximum Gasteiger partial charge on any atom is 0.196 e. The first-order chi connectivity index (χ1) is 11.9. The Labute approximate surface area is 156 Å². The molecular formula is C17H16ClN3O2S2. The van der Waals surface area contributed by atoms with Gasteiger partial charge in [0.15, 0.2) is 11.0 Å². The van der Waals surface area contributed by atoms with Gasteiger partial charge >= 0.3 is 0 Å². The van der Waals surface area contributed by atoms with Gasteiger partial charge < -0.3 is 0 Å². The Kier molecular flexibility index (Phi) is 5.46. The molecule has 0 aliphatic heterocycles. The third kappa shape index (κ3) is 4.62. The van der Waals surface area contributed by atoms with Crippen LogP contribution in [0.25, 0.3) is 17.1 Å². The van der Waals surface area contributed by atoms with Crippen LogP contribution < -0.4 is 0 Å². The second-order valence-electron chi connectivity index (χ2n) is 5.46. The quantitative estimate of drug-likeness (QED) is 0.597. The molecule has 0 amide bonds. The average Bonchev–Trinajstić information content (AvgIpc) is 2.99. The van der Waals surface area contributed by atoms with Crippen LogP contribution in [0.5, 0.6) is 0 Å². The van der Waals surface area contributed by atoms with E-state index in [2.05, 4.69) is 10.2 Å². The highest BCUT2D eigenvalue weighted by Crippen LogP contribution is 2.28. The maximum atomic E-state index is 11.4. The lowest BCUT2D eigenvalue weighted by atomic mass is 10.2. The van der Waals surface area contributed by atoms with Crippen LogP contribution in [0, 0.1) is 0 Å². The molecule has 1 heterocycles. The largest absolute Gasteiger partial charge is 0.270 e. The summed E-state index contributed by atoms with van der Waals surface area (Å²) in [5, 5.41) is 9.86. The van der Waals surface area contributed by atoms with Gasteiger partial charge in [0.25, 0.3) is 0 Å². The lowest BCUT2D eigenvalue weighted by Crippen LogP contribution is -2.06. The summed E-state index contributed by atoms with van der Waals surface area (Å²) >= 11 is 7.36. The van der Waals surface area contributed by atoms with E-state index < -0.39 is 9.84 Å². The molecule has 2 aromatic carbocycles. The number of thioether (sulfide) groups is 1. The Balaban J connectivity index is 2.01. The number of aromatic nitrogens is 3. The van der Waals surface area contributed by atoms with Gasteiger partial charge in [-0.25, -0.2) is 8.42 Å². The number of hydrogen-bond acceptors (Lipinski definition) is 5. The number of sulfone groups is 1. The minimum Gasteiger partial charge on any atom is -0.270 e. The van der Waals surface area contributed by atoms with Crippen molar-refractivity contribution >= 4 is 33.2 Å². The zero-order valence-corrected chi connectivity index (χ0v) is 15.9. The molecule has 0 aliphatic rings. The summed E-state index contributed by atoms with van der Waals surface area (Å²) < 4.78 is 24.7. The Morgan fingerprint density at radius 1 is 1.04 bits per heavy atom. The van der Waals surface area contributed by atoms with E-state index in [1.54, 1.807) is 12.1 Å². The first-order valence-electron chi connectivity index (χ1n) is 7.51. The van der Waals surface area contributed by atoms with Crippen molar-refractivity contribution < 1.29 is 8.42 Å². The highest BCUT2D eigenvalue weighted by Gasteiger charge is 2.16. The van der Waals surface area contributed by atoms with Crippen LogP contribution >= 0.6 is 23.4 Å². The van der Waals surface area contributed by atoms with Crippen LogP contribution in [0.15, 0.2) is 59.8 Å². The van der Waals surface area contributed by atoms with Gasteiger partial charge in [-0.3, -0.25) is 4.57 Å². The molecule has 3 aromatic rings. The van der Waals surface area contributed by atoms with Crippen molar-refractivity contribution in [3.8, 4) is 17.1 Å². The van der Waals surface area contributed by atoms with E-state index in [-0.39, 0.29) is 5.75 Å². The van der Waals surface area contributed by atoms with E-state index in [4.69, 9.17) is 11.6 Å². The molecule has 8 heteroatoms. The third-order valence-corrected chi connectivity index (χ3v) is 5.82. The van der Waals surface area contributed by atoms with E-state index in [0.717, 1.165) is 11.3 Å². The van der Waals surface area contributed by atoms with Crippen LogP contribution in [0.4, 0.5) is 0 Å². The number of hydrogen-bond donors (Lipinski definition) is 0. The molecule has 130 valence electrons. The molecule has 0 bridgehead atoms. The van der Waals surface area contributed by atoms with Gasteiger partial charge in [-0.05, 0) is 24.3 Å². The van der Waals surface area contributed by atoms with Gasteiger partial charge in [0.2, 0.25) is 0 Å². The Morgan fingerprint density at radius 2 is 1.72 bits per heavy atom. The summed E-state index contributed by atoms with van der Waals surface area (Å²) in [4.78, 5) is 0. The maximum absolute atomic E-state index is 11.4. The zero-order chi connectivity index (χ0) is 17.9. The third-order valence-electron chi connectivity index (χ3n) is 3.44. The van der Waals surface area contributed by atoms with Crippen LogP contribution in [-0.2, 0) is 9.84 Å². The zero-order valence-electron chi connectivity index (χ0n) is 13.5. The van der Waals surface area contributed by atoms with Crippen LogP contribution in [0.2, 0.25) is 5.02 Å². The molecule has 0 radical (unpaired) electrons. The summed E-state index contributed by atoms with van der Waals surface area (Å²) in [5.41, 5.74) is 1.80. The normalized spacial score (nSPS) is 11.6. The van der Waals surface area contributed by atoms with Crippen molar-refractivity contribution in [3.05, 3.63) is 59.6 Å². The average molecular weight is 394 g/mol. The Hall–Kier alpha value is -1.83. The van der Waals surface area contributed by atoms with E-state index in [0.29, 0.717) is 21.8 Å². The lowest BCUT2D eigenvalue weighted by Gasteiger charge is -2.10. The van der Waals surface area contributed by atoms with Gasteiger partial charge in [0.1, 0.15) is 9.84 Å². The van der Waals surface area contributed by atoms with Crippen molar-refractivity contribution in [2.24, 2.45) is 0 Å². The summed E-state index contributed by atoms with van der Waals surface area (Å²) in [6.07, 6.45) is 1.23. The van der Waals surface area contributed by atoms with Crippen molar-refractivity contribution in [2.75, 3.05) is 17.8 Å². The van der Waals surface area contributed by atoms with Crippen molar-refractivity contribution in [1.82, 2.24) is 14.8 Å². The summed E-state index contributed by atoms with van der Waals surface area (Å²) in [6.45, 7) is 0. The summed E-state index contributed by atoms with van der Waals surface area (Å²) in [6, 6.07) is 17.1. The fraction of sp³-hybridized carbons (Fsp3) is 0.176. The number of nitrogens with zero attached hydrogens (tertiary/aromatic N) is 3.